The van der Waals surface area contributed by atoms with Crippen molar-refractivity contribution in [2.75, 3.05) is 0 Å². The molecule has 76 valence electrons. The fraction of sp³-hybridized carbons (Fsp3) is 0. The van der Waals surface area contributed by atoms with Gasteiger partial charge in [-0.1, -0.05) is 0 Å². The molecule has 1 aliphatic heterocycles. The van der Waals surface area contributed by atoms with E-state index in [9.17, 15) is 9.59 Å². The Hall–Kier alpha value is -1.09. The van der Waals surface area contributed by atoms with Crippen molar-refractivity contribution in [1.82, 2.24) is 5.32 Å². The molecule has 0 aromatic heterocycles. The Labute approximate surface area is 97.7 Å². The molecule has 1 saturated heterocycles. The Morgan fingerprint density at radius 3 is 2.40 bits per heavy atom. The predicted molar refractivity (Wildman–Crippen MR) is 58.7 cm³/mol. The van der Waals surface area contributed by atoms with Crippen LogP contribution in [0.1, 0.15) is 5.56 Å². The van der Waals surface area contributed by atoms with Crippen LogP contribution < -0.4 is 5.32 Å². The molecular formula is C10H6ClNO2Se. The van der Waals surface area contributed by atoms with E-state index >= 15 is 0 Å². The van der Waals surface area contributed by atoms with Crippen LogP contribution in [0.2, 0.25) is 5.02 Å². The molecule has 0 saturated carbocycles. The van der Waals surface area contributed by atoms with Crippen molar-refractivity contribution in [1.29, 1.82) is 0 Å². The SMILES string of the molecule is O=C1NC(=O)C(=Cc2ccc(Cl)cc2)[Se]1. The molecule has 0 aliphatic carbocycles. The molecule has 0 unspecified atom stereocenters. The van der Waals surface area contributed by atoms with Gasteiger partial charge in [0.1, 0.15) is 0 Å². The summed E-state index contributed by atoms with van der Waals surface area (Å²) in [6.45, 7) is 0. The number of carbonyl (C=O) groups is 2. The molecule has 2 rings (SSSR count). The molecule has 0 spiro atoms. The Morgan fingerprint density at radius 2 is 1.87 bits per heavy atom. The second-order valence-electron chi connectivity index (χ2n) is 2.90. The van der Waals surface area contributed by atoms with Crippen molar-refractivity contribution in [3.63, 3.8) is 0 Å². The zero-order valence-electron chi connectivity index (χ0n) is 7.49. The number of benzene rings is 1. The minimum atomic E-state index is -0.406. The summed E-state index contributed by atoms with van der Waals surface area (Å²) in [5, 5.41) is 2.90. The van der Waals surface area contributed by atoms with Gasteiger partial charge >= 0.3 is 97.6 Å². The standard InChI is InChI=1S/C10H6ClNO2Se/c11-7-3-1-6(2-4-7)5-8-9(13)12-10(14)15-8/h1-5H,(H,12,13,14). The van der Waals surface area contributed by atoms with E-state index in [-0.39, 0.29) is 10.7 Å². The third-order valence-electron chi connectivity index (χ3n) is 1.81. The van der Waals surface area contributed by atoms with Crippen LogP contribution in [0.5, 0.6) is 0 Å². The Balaban J connectivity index is 2.27. The molecule has 15 heavy (non-hydrogen) atoms. The van der Waals surface area contributed by atoms with E-state index in [0.29, 0.717) is 9.49 Å². The normalized spacial score (nSPS) is 18.3. The maximum absolute atomic E-state index is 11.2. The van der Waals surface area contributed by atoms with Gasteiger partial charge < -0.3 is 0 Å². The molecule has 0 atom stereocenters. The molecule has 3 nitrogen and oxygen atoms in total. The van der Waals surface area contributed by atoms with Gasteiger partial charge in [0.2, 0.25) is 0 Å². The molecular weight excluding hydrogens is 281 g/mol. The van der Waals surface area contributed by atoms with Gasteiger partial charge in [0.15, 0.2) is 0 Å². The molecule has 2 amide bonds. The number of hydrogen-bond acceptors (Lipinski definition) is 2. The van der Waals surface area contributed by atoms with Crippen molar-refractivity contribution in [2.45, 2.75) is 0 Å². The van der Waals surface area contributed by atoms with E-state index in [1.165, 1.54) is 0 Å². The van der Waals surface area contributed by atoms with Gasteiger partial charge in [-0.15, -0.1) is 0 Å². The molecule has 1 fully saturated rings. The number of hydrogen-bond donors (Lipinski definition) is 1. The fourth-order valence-electron chi connectivity index (χ4n) is 1.13. The number of carbonyl (C=O) groups excluding carboxylic acids is 2. The Kier molecular flexibility index (Phi) is 2.91. The van der Waals surface area contributed by atoms with E-state index in [2.05, 4.69) is 5.32 Å². The first-order valence-corrected chi connectivity index (χ1v) is 6.25. The van der Waals surface area contributed by atoms with Crippen molar-refractivity contribution in [2.24, 2.45) is 0 Å². The molecule has 1 N–H and O–H groups in total. The van der Waals surface area contributed by atoms with E-state index in [1.807, 2.05) is 12.1 Å². The number of amides is 2. The second-order valence-corrected chi connectivity index (χ2v) is 5.47. The van der Waals surface area contributed by atoms with Crippen LogP contribution in [-0.2, 0) is 4.79 Å². The van der Waals surface area contributed by atoms with Gasteiger partial charge in [-0.2, -0.15) is 0 Å². The van der Waals surface area contributed by atoms with E-state index < -0.39 is 15.0 Å². The molecule has 0 bridgehead atoms. The summed E-state index contributed by atoms with van der Waals surface area (Å²) in [6, 6.07) is 7.11. The summed E-state index contributed by atoms with van der Waals surface area (Å²) in [6.07, 6.45) is 1.72. The molecule has 1 heterocycles. The monoisotopic (exact) mass is 287 g/mol. The molecule has 1 aromatic carbocycles. The van der Waals surface area contributed by atoms with Crippen LogP contribution in [0, 0.1) is 0 Å². The number of halogens is 1. The zero-order chi connectivity index (χ0) is 10.8. The second kappa shape index (κ2) is 4.19. The fourth-order valence-corrected chi connectivity index (χ4v) is 2.69. The van der Waals surface area contributed by atoms with E-state index in [1.54, 1.807) is 18.2 Å². The van der Waals surface area contributed by atoms with Crippen LogP contribution in [-0.4, -0.2) is 25.7 Å². The summed E-state index contributed by atoms with van der Waals surface area (Å²) >= 11 is 5.32. The topological polar surface area (TPSA) is 46.2 Å². The van der Waals surface area contributed by atoms with Crippen LogP contribution in [0.4, 0.5) is 4.79 Å². The molecule has 1 aromatic rings. The third kappa shape index (κ3) is 2.48. The quantitative estimate of drug-likeness (QED) is 0.630. The van der Waals surface area contributed by atoms with E-state index in [0.717, 1.165) is 5.56 Å². The third-order valence-corrected chi connectivity index (χ3v) is 3.76. The first-order valence-electron chi connectivity index (χ1n) is 4.15. The maximum atomic E-state index is 11.2. The summed E-state index contributed by atoms with van der Waals surface area (Å²) in [5.41, 5.74) is 0.876. The Bertz CT molecular complexity index is 453. The van der Waals surface area contributed by atoms with Crippen molar-refractivity contribution in [3.05, 3.63) is 39.3 Å². The average Bonchev–Trinajstić information content (AvgIpc) is 2.49. The van der Waals surface area contributed by atoms with Crippen LogP contribution in [0.25, 0.3) is 6.08 Å². The summed E-state index contributed by atoms with van der Waals surface area (Å²) < 4.78 is 0.551. The summed E-state index contributed by atoms with van der Waals surface area (Å²) in [5.74, 6) is -0.282. The van der Waals surface area contributed by atoms with Gasteiger partial charge in [0.25, 0.3) is 0 Å². The first kappa shape index (κ1) is 10.4. The predicted octanol–water partition coefficient (Wildman–Crippen LogP) is 1.63. The van der Waals surface area contributed by atoms with Crippen LogP contribution >= 0.6 is 11.6 Å². The first-order chi connectivity index (χ1) is 7.15. The summed E-state index contributed by atoms with van der Waals surface area (Å²) in [4.78, 5) is 22.0. The number of rotatable bonds is 1. The Morgan fingerprint density at radius 1 is 1.20 bits per heavy atom. The van der Waals surface area contributed by atoms with Crippen molar-refractivity contribution < 1.29 is 9.59 Å². The van der Waals surface area contributed by atoms with Gasteiger partial charge in [0, 0.05) is 0 Å². The number of nitrogens with one attached hydrogen (secondary N) is 1. The van der Waals surface area contributed by atoms with Gasteiger partial charge in [-0.05, 0) is 0 Å². The van der Waals surface area contributed by atoms with Crippen molar-refractivity contribution in [3.8, 4) is 0 Å². The zero-order valence-corrected chi connectivity index (χ0v) is 9.96. The summed E-state index contributed by atoms with van der Waals surface area (Å²) in [7, 11) is 0. The average molecular weight is 287 g/mol. The molecule has 0 radical (unpaired) electrons. The molecule has 5 heteroatoms. The number of imide groups is 1. The van der Waals surface area contributed by atoms with Crippen LogP contribution in [0.3, 0.4) is 0 Å². The molecule has 1 aliphatic rings. The van der Waals surface area contributed by atoms with Gasteiger partial charge in [0.05, 0.1) is 0 Å². The van der Waals surface area contributed by atoms with Crippen molar-refractivity contribution >= 4 is 43.3 Å². The van der Waals surface area contributed by atoms with Gasteiger partial charge in [-0.25, -0.2) is 0 Å². The van der Waals surface area contributed by atoms with Crippen LogP contribution in [0.15, 0.2) is 28.7 Å². The minimum absolute atomic E-state index is 0.187. The van der Waals surface area contributed by atoms with Gasteiger partial charge in [-0.3, -0.25) is 0 Å². The van der Waals surface area contributed by atoms with E-state index in [4.69, 9.17) is 11.6 Å².